The van der Waals surface area contributed by atoms with E-state index in [9.17, 15) is 9.59 Å². The fourth-order valence-corrected chi connectivity index (χ4v) is 4.00. The average molecular weight is 369 g/mol. The number of benzene rings is 2. The summed E-state index contributed by atoms with van der Waals surface area (Å²) in [6.07, 6.45) is 3.10. The van der Waals surface area contributed by atoms with Crippen molar-refractivity contribution < 1.29 is 9.59 Å². The molecule has 1 aliphatic heterocycles. The van der Waals surface area contributed by atoms with E-state index in [4.69, 9.17) is 0 Å². The molecule has 1 saturated heterocycles. The summed E-state index contributed by atoms with van der Waals surface area (Å²) in [6, 6.07) is 15.3. The first-order valence-corrected chi connectivity index (χ1v) is 10.1. The molecule has 0 unspecified atom stereocenters. The van der Waals surface area contributed by atoms with Gasteiger partial charge in [-0.05, 0) is 49.1 Å². The van der Waals surface area contributed by atoms with Crippen molar-refractivity contribution in [1.82, 2.24) is 4.90 Å². The Morgan fingerprint density at radius 2 is 1.85 bits per heavy atom. The highest BCUT2D eigenvalue weighted by atomic mass is 32.2. The van der Waals surface area contributed by atoms with Gasteiger partial charge >= 0.3 is 0 Å². The topological polar surface area (TPSA) is 49.4 Å². The fraction of sp³-hybridized carbons (Fsp3) is 0.333. The first kappa shape index (κ1) is 18.5. The molecule has 136 valence electrons. The fourth-order valence-electron chi connectivity index (χ4n) is 3.04. The monoisotopic (exact) mass is 368 g/mol. The molecular formula is C21H24N2O2S. The quantitative estimate of drug-likeness (QED) is 0.777. The summed E-state index contributed by atoms with van der Waals surface area (Å²) < 4.78 is 0. The number of hydrogen-bond acceptors (Lipinski definition) is 3. The van der Waals surface area contributed by atoms with Crippen molar-refractivity contribution in [2.24, 2.45) is 0 Å². The maximum absolute atomic E-state index is 12.7. The molecule has 2 amide bonds. The average Bonchev–Trinajstić information content (AvgIpc) is 3.21. The van der Waals surface area contributed by atoms with Crippen molar-refractivity contribution in [1.29, 1.82) is 0 Å². The van der Waals surface area contributed by atoms with E-state index in [-0.39, 0.29) is 11.8 Å². The molecule has 0 saturated carbocycles. The lowest BCUT2D eigenvalue weighted by atomic mass is 10.1. The number of nitrogens with one attached hydrogen (secondary N) is 1. The summed E-state index contributed by atoms with van der Waals surface area (Å²) >= 11 is 1.44. The molecule has 1 heterocycles. The zero-order valence-corrected chi connectivity index (χ0v) is 15.8. The van der Waals surface area contributed by atoms with E-state index in [0.717, 1.165) is 42.9 Å². The maximum Gasteiger partial charge on any atom is 0.256 e. The minimum atomic E-state index is -0.144. The van der Waals surface area contributed by atoms with Crippen LogP contribution in [0.25, 0.3) is 0 Å². The van der Waals surface area contributed by atoms with Crippen LogP contribution in [-0.2, 0) is 11.2 Å². The second-order valence-electron chi connectivity index (χ2n) is 6.38. The van der Waals surface area contributed by atoms with E-state index in [2.05, 4.69) is 12.2 Å². The molecule has 0 aromatic heterocycles. The highest BCUT2D eigenvalue weighted by molar-refractivity contribution is 8.00. The zero-order valence-electron chi connectivity index (χ0n) is 15.0. The Bertz CT molecular complexity index is 785. The maximum atomic E-state index is 12.7. The molecule has 3 rings (SSSR count). The molecule has 0 bridgehead atoms. The minimum Gasteiger partial charge on any atom is -0.342 e. The summed E-state index contributed by atoms with van der Waals surface area (Å²) in [7, 11) is 0. The van der Waals surface area contributed by atoms with Crippen LogP contribution in [0.4, 0.5) is 5.69 Å². The summed E-state index contributed by atoms with van der Waals surface area (Å²) in [5.41, 5.74) is 2.58. The zero-order chi connectivity index (χ0) is 18.4. The SMILES string of the molecule is CCc1cccc(NC(=O)c2ccccc2SCC(=O)N2CCCC2)c1. The summed E-state index contributed by atoms with van der Waals surface area (Å²) in [5.74, 6) is 0.378. The van der Waals surface area contributed by atoms with Gasteiger partial charge in [-0.1, -0.05) is 31.2 Å². The molecular weight excluding hydrogens is 344 g/mol. The molecule has 0 atom stereocenters. The summed E-state index contributed by atoms with van der Waals surface area (Å²) in [5, 5.41) is 2.97. The van der Waals surface area contributed by atoms with Crippen molar-refractivity contribution in [3.05, 3.63) is 59.7 Å². The Morgan fingerprint density at radius 3 is 2.62 bits per heavy atom. The first-order valence-electron chi connectivity index (χ1n) is 9.07. The molecule has 0 spiro atoms. The number of rotatable bonds is 6. The van der Waals surface area contributed by atoms with Crippen LogP contribution in [0.15, 0.2) is 53.4 Å². The second kappa shape index (κ2) is 8.90. The first-order chi connectivity index (χ1) is 12.7. The standard InChI is InChI=1S/C21H24N2O2S/c1-2-16-8-7-9-17(14-16)22-21(25)18-10-3-4-11-19(18)26-15-20(24)23-12-5-6-13-23/h3-4,7-11,14H,2,5-6,12-13,15H2,1H3,(H,22,25). The number of aryl methyl sites for hydroxylation is 1. The Hall–Kier alpha value is -2.27. The summed E-state index contributed by atoms with van der Waals surface area (Å²) in [4.78, 5) is 27.7. The lowest BCUT2D eigenvalue weighted by molar-refractivity contribution is -0.127. The third kappa shape index (κ3) is 4.67. The minimum absolute atomic E-state index is 0.144. The number of anilines is 1. The highest BCUT2D eigenvalue weighted by Crippen LogP contribution is 2.25. The highest BCUT2D eigenvalue weighted by Gasteiger charge is 2.19. The van der Waals surface area contributed by atoms with E-state index in [0.29, 0.717) is 11.3 Å². The van der Waals surface area contributed by atoms with Crippen molar-refractivity contribution in [3.63, 3.8) is 0 Å². The van der Waals surface area contributed by atoms with Gasteiger partial charge in [-0.15, -0.1) is 11.8 Å². The molecule has 2 aromatic carbocycles. The predicted molar refractivity (Wildman–Crippen MR) is 107 cm³/mol. The molecule has 5 heteroatoms. The lowest BCUT2D eigenvalue weighted by Gasteiger charge is -2.15. The van der Waals surface area contributed by atoms with E-state index in [1.165, 1.54) is 17.3 Å². The van der Waals surface area contributed by atoms with Crippen LogP contribution in [0.2, 0.25) is 0 Å². The van der Waals surface area contributed by atoms with Gasteiger partial charge in [0.05, 0.1) is 11.3 Å². The molecule has 0 aliphatic carbocycles. The third-order valence-electron chi connectivity index (χ3n) is 4.53. The van der Waals surface area contributed by atoms with Gasteiger partial charge in [-0.2, -0.15) is 0 Å². The van der Waals surface area contributed by atoms with E-state index < -0.39 is 0 Å². The second-order valence-corrected chi connectivity index (χ2v) is 7.40. The Balaban J connectivity index is 1.67. The number of nitrogens with zero attached hydrogens (tertiary/aromatic N) is 1. The van der Waals surface area contributed by atoms with Gasteiger partial charge in [-0.3, -0.25) is 9.59 Å². The van der Waals surface area contributed by atoms with Crippen LogP contribution >= 0.6 is 11.8 Å². The van der Waals surface area contributed by atoms with Gasteiger partial charge in [0.15, 0.2) is 0 Å². The van der Waals surface area contributed by atoms with Gasteiger partial charge in [-0.25, -0.2) is 0 Å². The largest absolute Gasteiger partial charge is 0.342 e. The van der Waals surface area contributed by atoms with Gasteiger partial charge in [0, 0.05) is 23.7 Å². The molecule has 26 heavy (non-hydrogen) atoms. The number of thioether (sulfide) groups is 1. The number of likely N-dealkylation sites (tertiary alicyclic amines) is 1. The van der Waals surface area contributed by atoms with Crippen LogP contribution in [0, 0.1) is 0 Å². The lowest BCUT2D eigenvalue weighted by Crippen LogP contribution is -2.29. The van der Waals surface area contributed by atoms with E-state index >= 15 is 0 Å². The van der Waals surface area contributed by atoms with Crippen molar-refractivity contribution in [3.8, 4) is 0 Å². The van der Waals surface area contributed by atoms with Gasteiger partial charge in [0.25, 0.3) is 5.91 Å². The Morgan fingerprint density at radius 1 is 1.08 bits per heavy atom. The molecule has 2 aromatic rings. The van der Waals surface area contributed by atoms with Crippen LogP contribution < -0.4 is 5.32 Å². The van der Waals surface area contributed by atoms with Crippen LogP contribution in [0.3, 0.4) is 0 Å². The smallest absolute Gasteiger partial charge is 0.256 e. The van der Waals surface area contributed by atoms with Crippen molar-refractivity contribution >= 4 is 29.3 Å². The molecule has 1 N–H and O–H groups in total. The van der Waals surface area contributed by atoms with E-state index in [1.807, 2.05) is 53.4 Å². The molecule has 4 nitrogen and oxygen atoms in total. The van der Waals surface area contributed by atoms with Crippen molar-refractivity contribution in [2.45, 2.75) is 31.1 Å². The number of carbonyl (C=O) groups is 2. The molecule has 1 aliphatic rings. The van der Waals surface area contributed by atoms with Gasteiger partial charge in [0.1, 0.15) is 0 Å². The Kier molecular flexibility index (Phi) is 6.34. The van der Waals surface area contributed by atoms with Crippen LogP contribution in [0.1, 0.15) is 35.7 Å². The third-order valence-corrected chi connectivity index (χ3v) is 5.59. The molecule has 0 radical (unpaired) electrons. The van der Waals surface area contributed by atoms with Crippen molar-refractivity contribution in [2.75, 3.05) is 24.2 Å². The summed E-state index contributed by atoms with van der Waals surface area (Å²) in [6.45, 7) is 3.80. The van der Waals surface area contributed by atoms with E-state index in [1.54, 1.807) is 0 Å². The Labute approximate surface area is 159 Å². The number of hydrogen-bond donors (Lipinski definition) is 1. The van der Waals surface area contributed by atoms with Gasteiger partial charge < -0.3 is 10.2 Å². The number of carbonyl (C=O) groups excluding carboxylic acids is 2. The number of amides is 2. The predicted octanol–water partition coefficient (Wildman–Crippen LogP) is 4.22. The normalized spacial score (nSPS) is 13.7. The van der Waals surface area contributed by atoms with Crippen LogP contribution in [-0.4, -0.2) is 35.6 Å². The van der Waals surface area contributed by atoms with Gasteiger partial charge in [0.2, 0.25) is 5.91 Å². The van der Waals surface area contributed by atoms with Crippen LogP contribution in [0.5, 0.6) is 0 Å². The molecule has 1 fully saturated rings.